The summed E-state index contributed by atoms with van der Waals surface area (Å²) in [5, 5.41) is 2.58. The molecule has 0 spiro atoms. The molecule has 2 aromatic rings. The van der Waals surface area contributed by atoms with Crippen LogP contribution in [0.2, 0.25) is 0 Å². The monoisotopic (exact) mass is 341 g/mol. The van der Waals surface area contributed by atoms with E-state index in [0.29, 0.717) is 17.2 Å². The third-order valence-corrected chi connectivity index (χ3v) is 3.49. The molecule has 25 heavy (non-hydrogen) atoms. The number of benzene rings is 2. The van der Waals surface area contributed by atoms with Crippen molar-refractivity contribution in [3.63, 3.8) is 0 Å². The minimum absolute atomic E-state index is 0.104. The van der Waals surface area contributed by atoms with Crippen molar-refractivity contribution in [2.75, 3.05) is 12.1 Å². The maximum absolute atomic E-state index is 12.4. The van der Waals surface area contributed by atoms with Gasteiger partial charge in [-0.3, -0.25) is 9.59 Å². The lowest BCUT2D eigenvalue weighted by Gasteiger charge is -2.11. The second-order valence-corrected chi connectivity index (χ2v) is 5.41. The van der Waals surface area contributed by atoms with E-state index < -0.39 is 5.97 Å². The fourth-order valence-corrected chi connectivity index (χ4v) is 2.36. The summed E-state index contributed by atoms with van der Waals surface area (Å²) >= 11 is 0. The van der Waals surface area contributed by atoms with Crippen molar-refractivity contribution in [2.45, 2.75) is 13.8 Å². The second-order valence-electron chi connectivity index (χ2n) is 5.41. The Hall–Kier alpha value is -3.35. The average molecular weight is 341 g/mol. The Morgan fingerprint density at radius 3 is 2.48 bits per heavy atom. The quantitative estimate of drug-likeness (QED) is 0.522. The van der Waals surface area contributed by atoms with Crippen molar-refractivity contribution in [3.05, 3.63) is 47.5 Å². The minimum Gasteiger partial charge on any atom is -0.454 e. The number of anilines is 1. The average Bonchev–Trinajstić information content (AvgIpc) is 3.03. The summed E-state index contributed by atoms with van der Waals surface area (Å²) in [5.74, 6) is -0.0551. The number of ether oxygens (including phenoxy) is 3. The van der Waals surface area contributed by atoms with Gasteiger partial charge in [0.1, 0.15) is 5.75 Å². The molecule has 0 saturated heterocycles. The topological polar surface area (TPSA) is 90.9 Å². The Balaban J connectivity index is 1.85. The van der Waals surface area contributed by atoms with Gasteiger partial charge in [-0.1, -0.05) is 0 Å². The zero-order chi connectivity index (χ0) is 18.0. The SMILES string of the molecule is CC(=O)Nc1ccc(OC(=O)c2ccc3c(c2)OCO3)c(C(C)=O)c1. The number of hydrogen-bond donors (Lipinski definition) is 1. The molecule has 0 aliphatic carbocycles. The van der Waals surface area contributed by atoms with Crippen LogP contribution in [0, 0.1) is 0 Å². The third-order valence-electron chi connectivity index (χ3n) is 3.49. The summed E-state index contributed by atoms with van der Waals surface area (Å²) in [4.78, 5) is 35.3. The van der Waals surface area contributed by atoms with Gasteiger partial charge in [0.25, 0.3) is 0 Å². The van der Waals surface area contributed by atoms with Crippen molar-refractivity contribution < 1.29 is 28.6 Å². The van der Waals surface area contributed by atoms with Gasteiger partial charge in [0.15, 0.2) is 17.3 Å². The van der Waals surface area contributed by atoms with E-state index in [-0.39, 0.29) is 35.4 Å². The highest BCUT2D eigenvalue weighted by atomic mass is 16.7. The molecule has 0 bridgehead atoms. The van der Waals surface area contributed by atoms with Gasteiger partial charge in [0.2, 0.25) is 12.7 Å². The third kappa shape index (κ3) is 3.60. The molecule has 3 rings (SSSR count). The van der Waals surface area contributed by atoms with E-state index in [9.17, 15) is 14.4 Å². The number of ketones is 1. The lowest BCUT2D eigenvalue weighted by Crippen LogP contribution is -2.12. The molecule has 1 heterocycles. The Labute approximate surface area is 143 Å². The van der Waals surface area contributed by atoms with Gasteiger partial charge >= 0.3 is 5.97 Å². The van der Waals surface area contributed by atoms with E-state index in [2.05, 4.69) is 5.32 Å². The molecular weight excluding hydrogens is 326 g/mol. The van der Waals surface area contributed by atoms with Crippen LogP contribution in [0.4, 0.5) is 5.69 Å². The summed E-state index contributed by atoms with van der Waals surface area (Å²) in [6, 6.07) is 9.17. The van der Waals surface area contributed by atoms with Crippen LogP contribution in [-0.4, -0.2) is 24.5 Å². The lowest BCUT2D eigenvalue weighted by molar-refractivity contribution is -0.114. The van der Waals surface area contributed by atoms with Crippen LogP contribution < -0.4 is 19.5 Å². The smallest absolute Gasteiger partial charge is 0.343 e. The van der Waals surface area contributed by atoms with Gasteiger partial charge in [-0.2, -0.15) is 0 Å². The molecule has 1 amide bonds. The van der Waals surface area contributed by atoms with Crippen LogP contribution in [0.1, 0.15) is 34.6 Å². The van der Waals surface area contributed by atoms with Crippen LogP contribution in [0.5, 0.6) is 17.2 Å². The maximum Gasteiger partial charge on any atom is 0.343 e. The van der Waals surface area contributed by atoms with Crippen molar-refractivity contribution in [3.8, 4) is 17.2 Å². The van der Waals surface area contributed by atoms with Crippen LogP contribution >= 0.6 is 0 Å². The molecule has 1 N–H and O–H groups in total. The predicted molar refractivity (Wildman–Crippen MR) is 88.3 cm³/mol. The van der Waals surface area contributed by atoms with Crippen molar-refractivity contribution >= 4 is 23.3 Å². The van der Waals surface area contributed by atoms with Gasteiger partial charge in [0, 0.05) is 12.6 Å². The first-order valence-corrected chi connectivity index (χ1v) is 7.48. The highest BCUT2D eigenvalue weighted by Crippen LogP contribution is 2.33. The highest BCUT2D eigenvalue weighted by Gasteiger charge is 2.19. The number of nitrogens with one attached hydrogen (secondary N) is 1. The Kier molecular flexibility index (Phi) is 4.38. The number of hydrogen-bond acceptors (Lipinski definition) is 6. The highest BCUT2D eigenvalue weighted by molar-refractivity contribution is 6.01. The van der Waals surface area contributed by atoms with Gasteiger partial charge < -0.3 is 19.5 Å². The van der Waals surface area contributed by atoms with E-state index >= 15 is 0 Å². The normalized spacial score (nSPS) is 11.8. The van der Waals surface area contributed by atoms with Crippen molar-refractivity contribution in [1.29, 1.82) is 0 Å². The first-order chi connectivity index (χ1) is 11.9. The van der Waals surface area contributed by atoms with E-state index in [0.717, 1.165) is 0 Å². The molecule has 7 heteroatoms. The summed E-state index contributed by atoms with van der Waals surface area (Å²) in [5.41, 5.74) is 0.908. The zero-order valence-corrected chi connectivity index (χ0v) is 13.6. The molecule has 2 aromatic carbocycles. The summed E-state index contributed by atoms with van der Waals surface area (Å²) in [6.45, 7) is 2.82. The van der Waals surface area contributed by atoms with Crippen LogP contribution in [-0.2, 0) is 4.79 Å². The number of fused-ring (bicyclic) bond motifs is 1. The number of amides is 1. The number of Topliss-reactive ketones (excluding diaryl/α,β-unsaturated/α-hetero) is 1. The number of esters is 1. The molecule has 0 saturated carbocycles. The molecule has 0 radical (unpaired) electrons. The summed E-state index contributed by atoms with van der Waals surface area (Å²) in [7, 11) is 0. The molecule has 0 aromatic heterocycles. The summed E-state index contributed by atoms with van der Waals surface area (Å²) in [6.07, 6.45) is 0. The van der Waals surface area contributed by atoms with Crippen molar-refractivity contribution in [1.82, 2.24) is 0 Å². The fourth-order valence-electron chi connectivity index (χ4n) is 2.36. The first kappa shape index (κ1) is 16.5. The Morgan fingerprint density at radius 1 is 1.00 bits per heavy atom. The van der Waals surface area contributed by atoms with Crippen LogP contribution in [0.3, 0.4) is 0 Å². The predicted octanol–water partition coefficient (Wildman–Crippen LogP) is 2.80. The molecular formula is C18H15NO6. The molecule has 0 unspecified atom stereocenters. The second kappa shape index (κ2) is 6.64. The fraction of sp³-hybridized carbons (Fsp3) is 0.167. The molecule has 0 fully saturated rings. The molecule has 1 aliphatic heterocycles. The standard InChI is InChI=1S/C18H15NO6/c1-10(20)14-8-13(19-11(2)21)4-6-15(14)25-18(22)12-3-5-16-17(7-12)24-9-23-16/h3-8H,9H2,1-2H3,(H,19,21). The lowest BCUT2D eigenvalue weighted by atomic mass is 10.1. The van der Waals surface area contributed by atoms with Crippen LogP contribution in [0.15, 0.2) is 36.4 Å². The van der Waals surface area contributed by atoms with E-state index in [1.807, 2.05) is 0 Å². The van der Waals surface area contributed by atoms with E-state index in [1.165, 1.54) is 32.0 Å². The van der Waals surface area contributed by atoms with E-state index in [1.54, 1.807) is 18.2 Å². The molecule has 7 nitrogen and oxygen atoms in total. The Morgan fingerprint density at radius 2 is 1.76 bits per heavy atom. The minimum atomic E-state index is -0.631. The van der Waals surface area contributed by atoms with Gasteiger partial charge in [-0.05, 0) is 43.3 Å². The Bertz CT molecular complexity index is 874. The summed E-state index contributed by atoms with van der Waals surface area (Å²) < 4.78 is 15.8. The first-order valence-electron chi connectivity index (χ1n) is 7.48. The number of carbonyl (C=O) groups excluding carboxylic acids is 3. The van der Waals surface area contributed by atoms with Gasteiger partial charge in [0.05, 0.1) is 11.1 Å². The largest absolute Gasteiger partial charge is 0.454 e. The van der Waals surface area contributed by atoms with Gasteiger partial charge in [-0.15, -0.1) is 0 Å². The molecule has 128 valence electrons. The number of rotatable bonds is 4. The maximum atomic E-state index is 12.4. The number of carbonyl (C=O) groups is 3. The van der Waals surface area contributed by atoms with Crippen molar-refractivity contribution in [2.24, 2.45) is 0 Å². The van der Waals surface area contributed by atoms with Crippen LogP contribution in [0.25, 0.3) is 0 Å². The molecule has 1 aliphatic rings. The zero-order valence-electron chi connectivity index (χ0n) is 13.6. The van der Waals surface area contributed by atoms with E-state index in [4.69, 9.17) is 14.2 Å². The molecule has 0 atom stereocenters. The van der Waals surface area contributed by atoms with Gasteiger partial charge in [-0.25, -0.2) is 4.79 Å².